The fourth-order valence-corrected chi connectivity index (χ4v) is 3.64. The van der Waals surface area contributed by atoms with E-state index in [-0.39, 0.29) is 24.0 Å². The second kappa shape index (κ2) is 5.13. The highest BCUT2D eigenvalue weighted by Crippen LogP contribution is 2.27. The third-order valence-corrected chi connectivity index (χ3v) is 4.69. The van der Waals surface area contributed by atoms with E-state index >= 15 is 0 Å². The summed E-state index contributed by atoms with van der Waals surface area (Å²) in [6, 6.07) is 5.80. The van der Waals surface area contributed by atoms with Crippen molar-refractivity contribution in [1.82, 2.24) is 0 Å². The second-order valence-corrected chi connectivity index (χ2v) is 7.87. The maximum Gasteiger partial charge on any atom is 0.232 e. The molecule has 1 heterocycles. The predicted octanol–water partition coefficient (Wildman–Crippen LogP) is 2.22. The summed E-state index contributed by atoms with van der Waals surface area (Å²) >= 11 is 0. The summed E-state index contributed by atoms with van der Waals surface area (Å²) < 4.78 is 22.1. The van der Waals surface area contributed by atoms with Gasteiger partial charge in [-0.3, -0.25) is 4.79 Å². The largest absolute Gasteiger partial charge is 0.312 e. The van der Waals surface area contributed by atoms with E-state index in [4.69, 9.17) is 10.7 Å². The molecule has 19 heavy (non-hydrogen) atoms. The number of carbonyl (C=O) groups is 1. The van der Waals surface area contributed by atoms with E-state index in [9.17, 15) is 13.2 Å². The van der Waals surface area contributed by atoms with Crippen LogP contribution in [0.5, 0.6) is 0 Å². The van der Waals surface area contributed by atoms with Crippen LogP contribution in [0.3, 0.4) is 0 Å². The molecule has 0 bridgehead atoms. The van der Waals surface area contributed by atoms with Crippen LogP contribution < -0.4 is 4.90 Å². The van der Waals surface area contributed by atoms with Gasteiger partial charge in [0.25, 0.3) is 0 Å². The van der Waals surface area contributed by atoms with Crippen LogP contribution in [0.25, 0.3) is 0 Å². The molecule has 1 amide bonds. The molecule has 0 N–H and O–H groups in total. The molecule has 2 rings (SSSR count). The molecule has 4 nitrogen and oxygen atoms in total. The number of aryl methyl sites for hydroxylation is 2. The van der Waals surface area contributed by atoms with Gasteiger partial charge in [0.05, 0.1) is 5.75 Å². The Bertz CT molecular complexity index is 612. The smallest absolute Gasteiger partial charge is 0.232 e. The van der Waals surface area contributed by atoms with Crippen molar-refractivity contribution in [3.05, 3.63) is 29.3 Å². The summed E-state index contributed by atoms with van der Waals surface area (Å²) in [4.78, 5) is 13.6. The number of carbonyl (C=O) groups excluding carboxylic acids is 1. The minimum absolute atomic E-state index is 0.0476. The van der Waals surface area contributed by atoms with Crippen LogP contribution in [-0.2, 0) is 13.8 Å². The average Bonchev–Trinajstić information content (AvgIpc) is 2.61. The van der Waals surface area contributed by atoms with E-state index in [0.29, 0.717) is 6.54 Å². The van der Waals surface area contributed by atoms with Gasteiger partial charge in [0, 0.05) is 35.3 Å². The summed E-state index contributed by atoms with van der Waals surface area (Å²) in [6.07, 6.45) is 0.235. The Morgan fingerprint density at radius 3 is 2.58 bits per heavy atom. The molecule has 0 spiro atoms. The first-order valence-electron chi connectivity index (χ1n) is 6.06. The van der Waals surface area contributed by atoms with E-state index in [1.165, 1.54) is 0 Å². The third kappa shape index (κ3) is 3.48. The molecule has 104 valence electrons. The van der Waals surface area contributed by atoms with E-state index in [1.54, 1.807) is 4.90 Å². The van der Waals surface area contributed by atoms with E-state index in [1.807, 2.05) is 32.0 Å². The summed E-state index contributed by atoms with van der Waals surface area (Å²) in [7, 11) is 1.68. The number of hydrogen-bond donors (Lipinski definition) is 0. The van der Waals surface area contributed by atoms with E-state index < -0.39 is 9.05 Å². The van der Waals surface area contributed by atoms with Crippen molar-refractivity contribution in [2.45, 2.75) is 20.3 Å². The van der Waals surface area contributed by atoms with Crippen LogP contribution in [0.15, 0.2) is 18.2 Å². The number of rotatable bonds is 3. The molecular weight excluding hydrogens is 286 g/mol. The van der Waals surface area contributed by atoms with Crippen molar-refractivity contribution < 1.29 is 13.2 Å². The van der Waals surface area contributed by atoms with Crippen LogP contribution in [0.1, 0.15) is 17.5 Å². The highest BCUT2D eigenvalue weighted by atomic mass is 35.7. The Hall–Kier alpha value is -1.07. The second-order valence-electron chi connectivity index (χ2n) is 5.05. The molecular formula is C13H16ClNO3S. The van der Waals surface area contributed by atoms with Crippen molar-refractivity contribution in [1.29, 1.82) is 0 Å². The molecule has 1 unspecified atom stereocenters. The van der Waals surface area contributed by atoms with E-state index in [0.717, 1.165) is 16.8 Å². The Balaban J connectivity index is 2.18. The molecule has 1 aromatic rings. The standard InChI is InChI=1S/C13H16ClNO3S/c1-9-3-4-12(5-10(9)2)15-7-11(6-13(15)16)8-19(14,17)18/h3-5,11H,6-8H2,1-2H3. The SMILES string of the molecule is Cc1ccc(N2CC(CS(=O)(=O)Cl)CC2=O)cc1C. The number of anilines is 1. The summed E-state index contributed by atoms with van der Waals surface area (Å²) in [5.41, 5.74) is 3.09. The van der Waals surface area contributed by atoms with Gasteiger partial charge in [0.15, 0.2) is 0 Å². The van der Waals surface area contributed by atoms with Gasteiger partial charge in [-0.05, 0) is 37.1 Å². The Morgan fingerprint density at radius 1 is 1.32 bits per heavy atom. The van der Waals surface area contributed by atoms with Crippen molar-refractivity contribution in [3.63, 3.8) is 0 Å². The molecule has 1 aromatic carbocycles. The third-order valence-electron chi connectivity index (χ3n) is 3.44. The maximum absolute atomic E-state index is 12.0. The zero-order valence-electron chi connectivity index (χ0n) is 10.9. The first-order chi connectivity index (χ1) is 8.76. The molecule has 6 heteroatoms. The van der Waals surface area contributed by atoms with Crippen molar-refractivity contribution in [2.24, 2.45) is 5.92 Å². The van der Waals surface area contributed by atoms with Gasteiger partial charge >= 0.3 is 0 Å². The minimum atomic E-state index is -3.56. The highest BCUT2D eigenvalue weighted by molar-refractivity contribution is 8.13. The molecule has 0 radical (unpaired) electrons. The van der Waals surface area contributed by atoms with E-state index in [2.05, 4.69) is 0 Å². The van der Waals surface area contributed by atoms with Crippen molar-refractivity contribution in [2.75, 3.05) is 17.2 Å². The lowest BCUT2D eigenvalue weighted by molar-refractivity contribution is -0.117. The molecule has 1 aliphatic heterocycles. The quantitative estimate of drug-likeness (QED) is 0.805. The zero-order chi connectivity index (χ0) is 14.2. The van der Waals surface area contributed by atoms with Gasteiger partial charge in [0.2, 0.25) is 15.0 Å². The molecule has 0 saturated carbocycles. The molecule has 1 saturated heterocycles. The van der Waals surface area contributed by atoms with Crippen molar-refractivity contribution >= 4 is 31.3 Å². The lowest BCUT2D eigenvalue weighted by Gasteiger charge is -2.17. The van der Waals surface area contributed by atoms with Crippen LogP contribution in [0.2, 0.25) is 0 Å². The van der Waals surface area contributed by atoms with Crippen LogP contribution in [0, 0.1) is 19.8 Å². The molecule has 0 aromatic heterocycles. The molecule has 1 fully saturated rings. The number of halogens is 1. The topological polar surface area (TPSA) is 54.5 Å². The Morgan fingerprint density at radius 2 is 2.00 bits per heavy atom. The van der Waals surface area contributed by atoms with Crippen LogP contribution in [0.4, 0.5) is 5.69 Å². The first-order valence-corrected chi connectivity index (χ1v) is 8.54. The normalized spacial score (nSPS) is 20.1. The van der Waals surface area contributed by atoms with Gasteiger partial charge in [-0.2, -0.15) is 0 Å². The first kappa shape index (κ1) is 14.3. The van der Waals surface area contributed by atoms with Gasteiger partial charge in [-0.25, -0.2) is 8.42 Å². The summed E-state index contributed by atoms with van der Waals surface area (Å²) in [5.74, 6) is -0.424. The average molecular weight is 302 g/mol. The van der Waals surface area contributed by atoms with Crippen LogP contribution in [-0.4, -0.2) is 26.6 Å². The Kier molecular flexibility index (Phi) is 3.87. The maximum atomic E-state index is 12.0. The molecule has 0 aliphatic carbocycles. The fraction of sp³-hybridized carbons (Fsp3) is 0.462. The number of benzene rings is 1. The zero-order valence-corrected chi connectivity index (χ0v) is 12.5. The van der Waals surface area contributed by atoms with Crippen LogP contribution >= 0.6 is 10.7 Å². The highest BCUT2D eigenvalue weighted by Gasteiger charge is 2.33. The fourth-order valence-electron chi connectivity index (χ4n) is 2.32. The summed E-state index contributed by atoms with van der Waals surface area (Å²) in [6.45, 7) is 4.40. The van der Waals surface area contributed by atoms with Gasteiger partial charge in [0.1, 0.15) is 0 Å². The van der Waals surface area contributed by atoms with Gasteiger partial charge in [-0.15, -0.1) is 0 Å². The minimum Gasteiger partial charge on any atom is -0.312 e. The lowest BCUT2D eigenvalue weighted by Crippen LogP contribution is -2.25. The molecule has 1 atom stereocenters. The predicted molar refractivity (Wildman–Crippen MR) is 76.0 cm³/mol. The monoisotopic (exact) mass is 301 g/mol. The van der Waals surface area contributed by atoms with Crippen molar-refractivity contribution in [3.8, 4) is 0 Å². The number of nitrogens with zero attached hydrogens (tertiary/aromatic N) is 1. The number of hydrogen-bond acceptors (Lipinski definition) is 3. The number of amides is 1. The Labute approximate surface area is 117 Å². The summed E-state index contributed by atoms with van der Waals surface area (Å²) in [5, 5.41) is 0. The van der Waals surface area contributed by atoms with Gasteiger partial charge < -0.3 is 4.90 Å². The molecule has 1 aliphatic rings. The van der Waals surface area contributed by atoms with Gasteiger partial charge in [-0.1, -0.05) is 6.07 Å². The lowest BCUT2D eigenvalue weighted by atomic mass is 10.1.